The zero-order chi connectivity index (χ0) is 6.69. The lowest BCUT2D eigenvalue weighted by Crippen LogP contribution is -2.20. The molecule has 1 aliphatic carbocycles. The monoisotopic (exact) mass is 127 g/mol. The van der Waals surface area contributed by atoms with Crippen molar-refractivity contribution in [2.24, 2.45) is 0 Å². The Morgan fingerprint density at radius 2 is 2.56 bits per heavy atom. The number of hydrogen-bond donors (Lipinski definition) is 0. The van der Waals surface area contributed by atoms with Crippen LogP contribution in [-0.2, 0) is 4.74 Å². The predicted octanol–water partition coefficient (Wildman–Crippen LogP) is 0.429. The van der Waals surface area contributed by atoms with Gasteiger partial charge >= 0.3 is 0 Å². The van der Waals surface area contributed by atoms with Crippen molar-refractivity contribution in [2.45, 2.75) is 25.4 Å². The number of ether oxygens (including phenoxy) is 1. The molecule has 1 unspecified atom stereocenters. The molecule has 0 aromatic rings. The Balaban J connectivity index is 2.39. The zero-order valence-electron chi connectivity index (χ0n) is 5.59. The maximum absolute atomic E-state index is 10.7. The first kappa shape index (κ1) is 6.62. The van der Waals surface area contributed by atoms with Gasteiger partial charge in [0.05, 0.1) is 6.10 Å². The van der Waals surface area contributed by atoms with Gasteiger partial charge in [0.2, 0.25) is 0 Å². The minimum Gasteiger partial charge on any atom is -0.876 e. The second kappa shape index (κ2) is 2.87. The van der Waals surface area contributed by atoms with Crippen molar-refractivity contribution in [3.63, 3.8) is 0 Å². The third kappa shape index (κ3) is 1.72. The van der Waals surface area contributed by atoms with Crippen LogP contribution in [0.4, 0.5) is 0 Å². The van der Waals surface area contributed by atoms with Gasteiger partial charge in [-0.2, -0.15) is 0 Å². The highest BCUT2D eigenvalue weighted by molar-refractivity contribution is 4.96. The van der Waals surface area contributed by atoms with Crippen LogP contribution in [0, 0.1) is 0 Å². The molecular formula is C7H11O2-. The number of rotatable bonds is 1. The normalized spacial score (nSPS) is 27.7. The molecule has 0 fully saturated rings. The average Bonchev–Trinajstić information content (AvgIpc) is 1.88. The molecular weight excluding hydrogens is 116 g/mol. The van der Waals surface area contributed by atoms with Gasteiger partial charge in [0, 0.05) is 7.11 Å². The Bertz CT molecular complexity index is 118. The van der Waals surface area contributed by atoms with Crippen LogP contribution in [0.15, 0.2) is 11.8 Å². The quantitative estimate of drug-likeness (QED) is 0.511. The maximum Gasteiger partial charge on any atom is 0.0602 e. The Morgan fingerprint density at radius 1 is 1.78 bits per heavy atom. The molecule has 0 saturated carbocycles. The Morgan fingerprint density at radius 3 is 3.00 bits per heavy atom. The van der Waals surface area contributed by atoms with Gasteiger partial charge in [-0.05, 0) is 19.3 Å². The van der Waals surface area contributed by atoms with Crippen molar-refractivity contribution in [1.82, 2.24) is 0 Å². The van der Waals surface area contributed by atoms with Crippen LogP contribution in [0.2, 0.25) is 0 Å². The van der Waals surface area contributed by atoms with Gasteiger partial charge in [-0.25, -0.2) is 0 Å². The Hall–Kier alpha value is -0.500. The minimum atomic E-state index is 0.183. The largest absolute Gasteiger partial charge is 0.876 e. The summed E-state index contributed by atoms with van der Waals surface area (Å²) in [6, 6.07) is 0. The van der Waals surface area contributed by atoms with E-state index in [0.717, 1.165) is 12.8 Å². The van der Waals surface area contributed by atoms with E-state index in [1.165, 1.54) is 0 Å². The molecule has 0 N–H and O–H groups in total. The number of methoxy groups -OCH3 is 1. The standard InChI is InChI=1S/C7H12O2/c1-9-7-4-2-3-6(8)5-7/h3,7-8H,2,4-5H2,1H3/p-1. The van der Waals surface area contributed by atoms with E-state index in [4.69, 9.17) is 4.74 Å². The van der Waals surface area contributed by atoms with Gasteiger partial charge in [-0.15, -0.1) is 5.76 Å². The van der Waals surface area contributed by atoms with E-state index in [0.29, 0.717) is 6.42 Å². The first-order valence-corrected chi connectivity index (χ1v) is 3.22. The molecule has 2 nitrogen and oxygen atoms in total. The molecule has 1 rings (SSSR count). The van der Waals surface area contributed by atoms with E-state index in [9.17, 15) is 5.11 Å². The minimum absolute atomic E-state index is 0.183. The van der Waals surface area contributed by atoms with Gasteiger partial charge < -0.3 is 9.84 Å². The highest BCUT2D eigenvalue weighted by atomic mass is 16.5. The van der Waals surface area contributed by atoms with Crippen molar-refractivity contribution in [3.05, 3.63) is 11.8 Å². The summed E-state index contributed by atoms with van der Waals surface area (Å²) in [6.45, 7) is 0. The molecule has 0 aromatic carbocycles. The highest BCUT2D eigenvalue weighted by Crippen LogP contribution is 2.15. The smallest absolute Gasteiger partial charge is 0.0602 e. The van der Waals surface area contributed by atoms with E-state index in [1.54, 1.807) is 13.2 Å². The molecule has 0 spiro atoms. The summed E-state index contributed by atoms with van der Waals surface area (Å²) in [6.07, 6.45) is 4.40. The molecule has 0 radical (unpaired) electrons. The maximum atomic E-state index is 10.7. The molecule has 1 aliphatic rings. The summed E-state index contributed by atoms with van der Waals surface area (Å²) in [5, 5.41) is 10.7. The molecule has 0 amide bonds. The lowest BCUT2D eigenvalue weighted by molar-refractivity contribution is -0.311. The summed E-state index contributed by atoms with van der Waals surface area (Å²) in [7, 11) is 1.66. The second-order valence-electron chi connectivity index (χ2n) is 2.31. The summed E-state index contributed by atoms with van der Waals surface area (Å²) < 4.78 is 5.02. The van der Waals surface area contributed by atoms with Crippen LogP contribution in [0.5, 0.6) is 0 Å². The number of hydrogen-bond acceptors (Lipinski definition) is 2. The fraction of sp³-hybridized carbons (Fsp3) is 0.714. The van der Waals surface area contributed by atoms with Gasteiger partial charge in [-0.3, -0.25) is 0 Å². The summed E-state index contributed by atoms with van der Waals surface area (Å²) in [5.41, 5.74) is 0. The summed E-state index contributed by atoms with van der Waals surface area (Å²) >= 11 is 0. The fourth-order valence-electron chi connectivity index (χ4n) is 1.04. The van der Waals surface area contributed by atoms with E-state index < -0.39 is 0 Å². The van der Waals surface area contributed by atoms with E-state index in [1.807, 2.05) is 0 Å². The van der Waals surface area contributed by atoms with Gasteiger partial charge in [-0.1, -0.05) is 6.08 Å². The van der Waals surface area contributed by atoms with Crippen LogP contribution in [0.25, 0.3) is 0 Å². The molecule has 0 bridgehead atoms. The van der Waals surface area contributed by atoms with Crippen molar-refractivity contribution >= 4 is 0 Å². The first-order chi connectivity index (χ1) is 4.33. The summed E-state index contributed by atoms with van der Waals surface area (Å²) in [4.78, 5) is 0. The molecule has 2 heteroatoms. The lowest BCUT2D eigenvalue weighted by Gasteiger charge is -2.24. The number of allylic oxidation sites excluding steroid dienone is 1. The van der Waals surface area contributed by atoms with Crippen molar-refractivity contribution in [1.29, 1.82) is 0 Å². The Labute approximate surface area is 55.1 Å². The van der Waals surface area contributed by atoms with E-state index in [2.05, 4.69) is 0 Å². The van der Waals surface area contributed by atoms with Gasteiger partial charge in [0.15, 0.2) is 0 Å². The Kier molecular flexibility index (Phi) is 2.11. The van der Waals surface area contributed by atoms with E-state index >= 15 is 0 Å². The third-order valence-electron chi connectivity index (χ3n) is 1.62. The molecule has 1 atom stereocenters. The molecule has 0 heterocycles. The molecule has 52 valence electrons. The second-order valence-corrected chi connectivity index (χ2v) is 2.31. The lowest BCUT2D eigenvalue weighted by atomic mass is 10.0. The van der Waals surface area contributed by atoms with Crippen LogP contribution in [0.3, 0.4) is 0 Å². The molecule has 0 aromatic heterocycles. The van der Waals surface area contributed by atoms with Crippen molar-refractivity contribution in [2.75, 3.05) is 7.11 Å². The topological polar surface area (TPSA) is 32.3 Å². The highest BCUT2D eigenvalue weighted by Gasteiger charge is 2.08. The van der Waals surface area contributed by atoms with Crippen molar-refractivity contribution in [3.8, 4) is 0 Å². The van der Waals surface area contributed by atoms with Gasteiger partial charge in [0.1, 0.15) is 0 Å². The summed E-state index contributed by atoms with van der Waals surface area (Å²) in [5.74, 6) is 0.230. The first-order valence-electron chi connectivity index (χ1n) is 3.22. The van der Waals surface area contributed by atoms with Gasteiger partial charge in [0.25, 0.3) is 0 Å². The molecule has 9 heavy (non-hydrogen) atoms. The van der Waals surface area contributed by atoms with Crippen LogP contribution in [-0.4, -0.2) is 13.2 Å². The van der Waals surface area contributed by atoms with Crippen LogP contribution in [0.1, 0.15) is 19.3 Å². The van der Waals surface area contributed by atoms with Crippen LogP contribution < -0.4 is 5.11 Å². The van der Waals surface area contributed by atoms with E-state index in [-0.39, 0.29) is 11.9 Å². The molecule has 0 saturated heterocycles. The molecule has 0 aliphatic heterocycles. The zero-order valence-corrected chi connectivity index (χ0v) is 5.59. The SMILES string of the molecule is COC1CCC=C([O-])C1. The van der Waals surface area contributed by atoms with Crippen LogP contribution >= 0.6 is 0 Å². The fourth-order valence-corrected chi connectivity index (χ4v) is 1.04. The van der Waals surface area contributed by atoms with Crippen molar-refractivity contribution < 1.29 is 9.84 Å². The third-order valence-corrected chi connectivity index (χ3v) is 1.62. The predicted molar refractivity (Wildman–Crippen MR) is 32.7 cm³/mol. The average molecular weight is 127 g/mol.